The third-order valence-electron chi connectivity index (χ3n) is 5.90. The molecule has 2 unspecified atom stereocenters. The average molecular weight is 506 g/mol. The van der Waals surface area contributed by atoms with Crippen LogP contribution in [0.2, 0.25) is 10.0 Å². The van der Waals surface area contributed by atoms with Crippen LogP contribution in [0.15, 0.2) is 36.4 Å². The van der Waals surface area contributed by atoms with Gasteiger partial charge in [0.15, 0.2) is 0 Å². The van der Waals surface area contributed by atoms with Crippen molar-refractivity contribution in [3.63, 3.8) is 0 Å². The first-order valence-corrected chi connectivity index (χ1v) is 11.7. The maximum absolute atomic E-state index is 13.3. The number of hydrogen-bond acceptors (Lipinski definition) is 5. The zero-order chi connectivity index (χ0) is 24.6. The number of fused-ring (bicyclic) bond motifs is 1. The van der Waals surface area contributed by atoms with E-state index in [0.717, 1.165) is 0 Å². The lowest BCUT2D eigenvalue weighted by molar-refractivity contribution is -0.126. The minimum absolute atomic E-state index is 0.00921. The van der Waals surface area contributed by atoms with Crippen molar-refractivity contribution >= 4 is 52.4 Å². The molecule has 1 N–H and O–H groups in total. The first kappa shape index (κ1) is 24.5. The molecular weight excluding hydrogens is 481 g/mol. The number of hydrogen-bond donors (Lipinski definition) is 1. The smallest absolute Gasteiger partial charge is 0.335 e. The van der Waals surface area contributed by atoms with Gasteiger partial charge < -0.3 is 14.7 Å². The van der Waals surface area contributed by atoms with Crippen LogP contribution in [0.3, 0.4) is 0 Å². The zero-order valence-electron chi connectivity index (χ0n) is 18.8. The highest BCUT2D eigenvalue weighted by atomic mass is 35.5. The van der Waals surface area contributed by atoms with Crippen LogP contribution in [-0.2, 0) is 20.9 Å². The second kappa shape index (κ2) is 9.92. The van der Waals surface area contributed by atoms with E-state index in [-0.39, 0.29) is 49.2 Å². The third kappa shape index (κ3) is 5.20. The number of ether oxygens (including phenoxy) is 1. The first-order valence-electron chi connectivity index (χ1n) is 10.9. The number of benzene rings is 2. The van der Waals surface area contributed by atoms with Gasteiger partial charge in [-0.25, -0.2) is 4.79 Å². The summed E-state index contributed by atoms with van der Waals surface area (Å²) in [5, 5.41) is 10.4. The minimum Gasteiger partial charge on any atom is -0.478 e. The van der Waals surface area contributed by atoms with Crippen molar-refractivity contribution in [3.05, 3.63) is 57.6 Å². The summed E-state index contributed by atoms with van der Waals surface area (Å²) in [4.78, 5) is 43.0. The second-order valence-corrected chi connectivity index (χ2v) is 9.50. The van der Waals surface area contributed by atoms with Crippen LogP contribution in [0, 0.1) is 0 Å². The first-order chi connectivity index (χ1) is 16.1. The van der Waals surface area contributed by atoms with E-state index in [2.05, 4.69) is 0 Å². The molecule has 2 atom stereocenters. The summed E-state index contributed by atoms with van der Waals surface area (Å²) in [6, 6.07) is 9.43. The highest BCUT2D eigenvalue weighted by Crippen LogP contribution is 2.37. The summed E-state index contributed by atoms with van der Waals surface area (Å²) in [6.07, 6.45) is -0.0184. The molecule has 2 aliphatic heterocycles. The molecule has 2 heterocycles. The van der Waals surface area contributed by atoms with Crippen LogP contribution in [0.1, 0.15) is 29.8 Å². The lowest BCUT2D eigenvalue weighted by atomic mass is 10.1. The molecule has 34 heavy (non-hydrogen) atoms. The summed E-state index contributed by atoms with van der Waals surface area (Å²) >= 11 is 12.3. The Morgan fingerprint density at radius 2 is 1.76 bits per heavy atom. The summed E-state index contributed by atoms with van der Waals surface area (Å²) in [5.74, 6) is -1.68. The minimum atomic E-state index is -1.12. The van der Waals surface area contributed by atoms with Gasteiger partial charge in [0.1, 0.15) is 6.54 Å². The fourth-order valence-corrected chi connectivity index (χ4v) is 4.92. The SMILES string of the molecule is CC1CN(CC(=O)N2CC(=O)N(Cc3ccc(Cl)cc3Cl)c3ccc(C(=O)O)cc32)CC(C)O1. The Morgan fingerprint density at radius 1 is 1.06 bits per heavy atom. The standard InChI is InChI=1S/C24H25Cl2N3O5/c1-14-9-27(10-15(2)34-14)12-22(30)29-13-23(31)28(11-17-3-5-18(25)8-19(17)26)20-6-4-16(24(32)33)7-21(20)29/h3-8,14-15H,9-13H2,1-2H3,(H,32,33). The number of aromatic carboxylic acids is 1. The predicted octanol–water partition coefficient (Wildman–Crippen LogP) is 3.68. The normalized spacial score (nSPS) is 20.9. The summed E-state index contributed by atoms with van der Waals surface area (Å²) in [7, 11) is 0. The molecule has 4 rings (SSSR count). The monoisotopic (exact) mass is 505 g/mol. The molecule has 2 aromatic carbocycles. The van der Waals surface area contributed by atoms with Gasteiger partial charge in [-0.05, 0) is 49.7 Å². The van der Waals surface area contributed by atoms with E-state index in [1.54, 1.807) is 24.3 Å². The Hall–Kier alpha value is -2.65. The molecular formula is C24H25Cl2N3O5. The number of nitrogens with zero attached hydrogens (tertiary/aromatic N) is 3. The number of anilines is 2. The topological polar surface area (TPSA) is 90.4 Å². The van der Waals surface area contributed by atoms with Gasteiger partial charge in [-0.3, -0.25) is 19.4 Å². The van der Waals surface area contributed by atoms with E-state index in [9.17, 15) is 19.5 Å². The van der Waals surface area contributed by atoms with Crippen molar-refractivity contribution in [2.75, 3.05) is 36.0 Å². The molecule has 0 radical (unpaired) electrons. The Balaban J connectivity index is 1.65. The quantitative estimate of drug-likeness (QED) is 0.666. The van der Waals surface area contributed by atoms with Crippen molar-refractivity contribution in [2.24, 2.45) is 0 Å². The van der Waals surface area contributed by atoms with E-state index >= 15 is 0 Å². The Bertz CT molecular complexity index is 1130. The van der Waals surface area contributed by atoms with Gasteiger partial charge in [-0.2, -0.15) is 0 Å². The molecule has 0 bridgehead atoms. The number of carbonyl (C=O) groups excluding carboxylic acids is 2. The average Bonchev–Trinajstić information content (AvgIpc) is 2.75. The lowest BCUT2D eigenvalue weighted by Crippen LogP contribution is -2.53. The third-order valence-corrected chi connectivity index (χ3v) is 6.48. The van der Waals surface area contributed by atoms with E-state index in [1.807, 2.05) is 18.7 Å². The van der Waals surface area contributed by atoms with Crippen LogP contribution >= 0.6 is 23.2 Å². The molecule has 2 aliphatic rings. The van der Waals surface area contributed by atoms with Crippen LogP contribution in [-0.4, -0.2) is 66.2 Å². The molecule has 2 amide bonds. The maximum atomic E-state index is 13.3. The van der Waals surface area contributed by atoms with Crippen molar-refractivity contribution in [3.8, 4) is 0 Å². The number of carboxylic acids is 1. The summed E-state index contributed by atoms with van der Waals surface area (Å²) < 4.78 is 5.73. The van der Waals surface area contributed by atoms with Gasteiger partial charge in [0, 0.05) is 23.1 Å². The van der Waals surface area contributed by atoms with Crippen LogP contribution < -0.4 is 9.80 Å². The van der Waals surface area contributed by atoms with Crippen molar-refractivity contribution in [1.82, 2.24) is 4.90 Å². The number of morpholine rings is 1. The Labute approximate surface area is 207 Å². The Kier molecular flexibility index (Phi) is 7.14. The van der Waals surface area contributed by atoms with Gasteiger partial charge in [-0.15, -0.1) is 0 Å². The van der Waals surface area contributed by atoms with Crippen LogP contribution in [0.25, 0.3) is 0 Å². The molecule has 0 aromatic heterocycles. The number of halogens is 2. The number of amides is 2. The van der Waals surface area contributed by atoms with Crippen molar-refractivity contribution in [2.45, 2.75) is 32.6 Å². The molecule has 2 aromatic rings. The fraction of sp³-hybridized carbons (Fsp3) is 0.375. The number of rotatable bonds is 5. The van der Waals surface area contributed by atoms with Crippen molar-refractivity contribution in [1.29, 1.82) is 0 Å². The van der Waals surface area contributed by atoms with Crippen molar-refractivity contribution < 1.29 is 24.2 Å². The highest BCUT2D eigenvalue weighted by molar-refractivity contribution is 6.35. The molecule has 0 spiro atoms. The maximum Gasteiger partial charge on any atom is 0.335 e. The molecule has 8 nitrogen and oxygen atoms in total. The molecule has 0 saturated carbocycles. The van der Waals surface area contributed by atoms with E-state index in [4.69, 9.17) is 27.9 Å². The van der Waals surface area contributed by atoms with Gasteiger partial charge in [0.05, 0.1) is 42.2 Å². The number of carboxylic acid groups (broad SMARTS) is 1. The number of carbonyl (C=O) groups is 3. The zero-order valence-corrected chi connectivity index (χ0v) is 20.3. The molecule has 1 fully saturated rings. The van der Waals surface area contributed by atoms with E-state index in [1.165, 1.54) is 21.9 Å². The summed E-state index contributed by atoms with van der Waals surface area (Å²) in [5.41, 5.74) is 1.54. The molecule has 0 aliphatic carbocycles. The predicted molar refractivity (Wildman–Crippen MR) is 130 cm³/mol. The second-order valence-electron chi connectivity index (χ2n) is 8.66. The van der Waals surface area contributed by atoms with Crippen LogP contribution in [0.4, 0.5) is 11.4 Å². The molecule has 1 saturated heterocycles. The molecule has 10 heteroatoms. The lowest BCUT2D eigenvalue weighted by Gasteiger charge is -2.39. The van der Waals surface area contributed by atoms with Crippen LogP contribution in [0.5, 0.6) is 0 Å². The van der Waals surface area contributed by atoms with Gasteiger partial charge in [0.25, 0.3) is 0 Å². The van der Waals surface area contributed by atoms with E-state index < -0.39 is 5.97 Å². The van der Waals surface area contributed by atoms with Gasteiger partial charge in [-0.1, -0.05) is 29.3 Å². The summed E-state index contributed by atoms with van der Waals surface area (Å²) in [6.45, 7) is 5.16. The Morgan fingerprint density at radius 3 is 2.41 bits per heavy atom. The fourth-order valence-electron chi connectivity index (χ4n) is 4.45. The van der Waals surface area contributed by atoms with Gasteiger partial charge >= 0.3 is 5.97 Å². The molecule has 180 valence electrons. The van der Waals surface area contributed by atoms with E-state index in [0.29, 0.717) is 40.1 Å². The largest absolute Gasteiger partial charge is 0.478 e. The highest BCUT2D eigenvalue weighted by Gasteiger charge is 2.35. The van der Waals surface area contributed by atoms with Gasteiger partial charge in [0.2, 0.25) is 11.8 Å².